The molecule has 0 heterocycles. The number of anilines is 1. The van der Waals surface area contributed by atoms with Gasteiger partial charge < -0.3 is 15.8 Å². The van der Waals surface area contributed by atoms with E-state index in [0.29, 0.717) is 17.3 Å². The van der Waals surface area contributed by atoms with Crippen LogP contribution in [0.2, 0.25) is 0 Å². The number of nitrogens with zero attached hydrogens (tertiary/aromatic N) is 2. The summed E-state index contributed by atoms with van der Waals surface area (Å²) in [6.45, 7) is 0. The number of benzene rings is 1. The molecular weight excluding hydrogens is 337 g/mol. The van der Waals surface area contributed by atoms with Crippen molar-refractivity contribution in [2.24, 2.45) is 10.9 Å². The Hall–Kier alpha value is -1.30. The van der Waals surface area contributed by atoms with Crippen LogP contribution in [0.15, 0.2) is 21.8 Å². The summed E-state index contributed by atoms with van der Waals surface area (Å²) in [6.07, 6.45) is 7.10. The van der Waals surface area contributed by atoms with Gasteiger partial charge in [-0.1, -0.05) is 30.8 Å². The molecule has 6 heteroatoms. The van der Waals surface area contributed by atoms with Gasteiger partial charge in [0.1, 0.15) is 0 Å². The quantitative estimate of drug-likeness (QED) is 0.284. The topological polar surface area (TPSA) is 61.8 Å². The summed E-state index contributed by atoms with van der Waals surface area (Å²) in [5, 5.41) is 11.6. The van der Waals surface area contributed by atoms with Crippen molar-refractivity contribution in [3.63, 3.8) is 0 Å². The lowest BCUT2D eigenvalue weighted by molar-refractivity contribution is 0.318. The van der Waals surface area contributed by atoms with Gasteiger partial charge >= 0.3 is 0 Å². The highest BCUT2D eigenvalue weighted by atomic mass is 79.9. The van der Waals surface area contributed by atoms with Crippen LogP contribution in [-0.4, -0.2) is 24.1 Å². The van der Waals surface area contributed by atoms with E-state index in [4.69, 9.17) is 10.9 Å². The van der Waals surface area contributed by atoms with E-state index < -0.39 is 0 Å². The third-order valence-electron chi connectivity index (χ3n) is 4.20. The molecule has 0 radical (unpaired) electrons. The van der Waals surface area contributed by atoms with E-state index in [0.717, 1.165) is 12.8 Å². The smallest absolute Gasteiger partial charge is 0.171 e. The Morgan fingerprint density at radius 2 is 1.95 bits per heavy atom. The minimum atomic E-state index is -0.370. The normalized spacial score (nSPS) is 17.6. The molecule has 0 amide bonds. The van der Waals surface area contributed by atoms with Crippen LogP contribution < -0.4 is 10.6 Å². The zero-order valence-corrected chi connectivity index (χ0v) is 13.7. The minimum Gasteiger partial charge on any atom is -0.409 e. The monoisotopic (exact) mass is 357 g/mol. The zero-order valence-electron chi connectivity index (χ0n) is 12.1. The van der Waals surface area contributed by atoms with Gasteiger partial charge in [-0.25, -0.2) is 4.39 Å². The number of halogens is 2. The van der Waals surface area contributed by atoms with E-state index in [1.54, 1.807) is 12.1 Å². The number of rotatable bonds is 3. The zero-order chi connectivity index (χ0) is 15.4. The highest BCUT2D eigenvalue weighted by molar-refractivity contribution is 9.10. The van der Waals surface area contributed by atoms with Gasteiger partial charge in [-0.2, -0.15) is 0 Å². The van der Waals surface area contributed by atoms with E-state index in [-0.39, 0.29) is 16.1 Å². The molecule has 1 aliphatic rings. The molecule has 0 atom stereocenters. The number of amidine groups is 1. The molecule has 0 aromatic heterocycles. The Morgan fingerprint density at radius 3 is 2.52 bits per heavy atom. The van der Waals surface area contributed by atoms with Gasteiger partial charge in [-0.05, 0) is 40.9 Å². The van der Waals surface area contributed by atoms with Crippen LogP contribution in [0.3, 0.4) is 0 Å². The first-order chi connectivity index (χ1) is 10.1. The van der Waals surface area contributed by atoms with E-state index in [2.05, 4.69) is 21.1 Å². The van der Waals surface area contributed by atoms with Crippen LogP contribution >= 0.6 is 15.9 Å². The average molecular weight is 358 g/mol. The summed E-state index contributed by atoms with van der Waals surface area (Å²) in [5.41, 5.74) is 6.44. The molecule has 1 fully saturated rings. The number of nitrogens with two attached hydrogens (primary N) is 1. The Kier molecular flexibility index (Phi) is 5.45. The summed E-state index contributed by atoms with van der Waals surface area (Å²) >= 11 is 3.21. The molecule has 1 aromatic rings. The summed E-state index contributed by atoms with van der Waals surface area (Å²) in [6, 6.07) is 3.73. The van der Waals surface area contributed by atoms with Gasteiger partial charge in [-0.3, -0.25) is 0 Å². The molecule has 3 N–H and O–H groups in total. The fourth-order valence-electron chi connectivity index (χ4n) is 2.91. The molecule has 0 spiro atoms. The van der Waals surface area contributed by atoms with E-state index in [9.17, 15) is 4.39 Å². The second kappa shape index (κ2) is 7.11. The molecule has 116 valence electrons. The Labute approximate surface area is 132 Å². The van der Waals surface area contributed by atoms with Gasteiger partial charge in [0.05, 0.1) is 10.2 Å². The van der Waals surface area contributed by atoms with E-state index in [1.807, 2.05) is 11.9 Å². The van der Waals surface area contributed by atoms with Crippen molar-refractivity contribution in [2.75, 3.05) is 11.9 Å². The minimum absolute atomic E-state index is 0.107. The highest BCUT2D eigenvalue weighted by Crippen LogP contribution is 2.32. The molecule has 0 unspecified atom stereocenters. The second-order valence-electron chi connectivity index (χ2n) is 5.50. The molecule has 0 saturated heterocycles. The molecule has 21 heavy (non-hydrogen) atoms. The highest BCUT2D eigenvalue weighted by Gasteiger charge is 2.22. The number of hydrogen-bond donors (Lipinski definition) is 2. The maximum absolute atomic E-state index is 14.6. The SMILES string of the molecule is CN(c1ccc(/C(N)=N/O)c(Br)c1F)C1CCCCCC1. The average Bonchev–Trinajstić information content (AvgIpc) is 2.77. The van der Waals surface area contributed by atoms with Gasteiger partial charge in [0, 0.05) is 18.7 Å². The third kappa shape index (κ3) is 3.48. The van der Waals surface area contributed by atoms with Crippen molar-refractivity contribution in [1.29, 1.82) is 0 Å². The van der Waals surface area contributed by atoms with E-state index in [1.165, 1.54) is 25.7 Å². The predicted molar refractivity (Wildman–Crippen MR) is 86.5 cm³/mol. The standard InChI is InChI=1S/C15H21BrFN3O/c1-20(10-6-4-2-3-5-7-10)12-9-8-11(15(18)19-21)13(16)14(12)17/h8-10,21H,2-7H2,1H3,(H2,18,19). The van der Waals surface area contributed by atoms with Crippen molar-refractivity contribution in [3.8, 4) is 0 Å². The molecule has 0 bridgehead atoms. The van der Waals surface area contributed by atoms with Crippen LogP contribution in [0, 0.1) is 5.82 Å². The summed E-state index contributed by atoms with van der Waals surface area (Å²) in [4.78, 5) is 2.02. The Balaban J connectivity index is 2.29. The van der Waals surface area contributed by atoms with Crippen molar-refractivity contribution in [2.45, 2.75) is 44.6 Å². The van der Waals surface area contributed by atoms with E-state index >= 15 is 0 Å². The lowest BCUT2D eigenvalue weighted by Crippen LogP contribution is -2.32. The molecule has 1 aliphatic carbocycles. The first-order valence-electron chi connectivity index (χ1n) is 7.25. The van der Waals surface area contributed by atoms with Crippen LogP contribution in [0.1, 0.15) is 44.1 Å². The van der Waals surface area contributed by atoms with Gasteiger partial charge in [0.25, 0.3) is 0 Å². The Morgan fingerprint density at radius 1 is 1.33 bits per heavy atom. The molecule has 0 aliphatic heterocycles. The lowest BCUT2D eigenvalue weighted by Gasteiger charge is -2.30. The van der Waals surface area contributed by atoms with Gasteiger partial charge in [0.15, 0.2) is 11.7 Å². The van der Waals surface area contributed by atoms with Gasteiger partial charge in [0.2, 0.25) is 0 Å². The number of hydrogen-bond acceptors (Lipinski definition) is 3. The van der Waals surface area contributed by atoms with Gasteiger partial charge in [-0.15, -0.1) is 0 Å². The van der Waals surface area contributed by atoms with Crippen molar-refractivity contribution >= 4 is 27.5 Å². The fraction of sp³-hybridized carbons (Fsp3) is 0.533. The van der Waals surface area contributed by atoms with Crippen molar-refractivity contribution in [3.05, 3.63) is 28.0 Å². The first kappa shape index (κ1) is 16.1. The summed E-state index contributed by atoms with van der Waals surface area (Å²) in [7, 11) is 1.93. The molecule has 2 rings (SSSR count). The maximum Gasteiger partial charge on any atom is 0.171 e. The van der Waals surface area contributed by atoms with Crippen molar-refractivity contribution < 1.29 is 9.60 Å². The second-order valence-corrected chi connectivity index (χ2v) is 6.29. The van der Waals surface area contributed by atoms with Crippen LogP contribution in [-0.2, 0) is 0 Å². The van der Waals surface area contributed by atoms with Crippen LogP contribution in [0.5, 0.6) is 0 Å². The molecule has 1 aromatic carbocycles. The molecular formula is C15H21BrFN3O. The molecule has 4 nitrogen and oxygen atoms in total. The van der Waals surface area contributed by atoms with Crippen LogP contribution in [0.4, 0.5) is 10.1 Å². The predicted octanol–water partition coefficient (Wildman–Crippen LogP) is 3.84. The van der Waals surface area contributed by atoms with Crippen LogP contribution in [0.25, 0.3) is 0 Å². The van der Waals surface area contributed by atoms with Crippen molar-refractivity contribution in [1.82, 2.24) is 0 Å². The third-order valence-corrected chi connectivity index (χ3v) is 4.97. The molecule has 1 saturated carbocycles. The summed E-state index contributed by atoms with van der Waals surface area (Å²) in [5.74, 6) is -0.477. The first-order valence-corrected chi connectivity index (χ1v) is 8.04. The summed E-state index contributed by atoms with van der Waals surface area (Å²) < 4.78 is 14.8. The largest absolute Gasteiger partial charge is 0.409 e. The maximum atomic E-state index is 14.6. The fourth-order valence-corrected chi connectivity index (χ4v) is 3.44. The lowest BCUT2D eigenvalue weighted by atomic mass is 10.1. The number of oxime groups is 1. The Bertz CT molecular complexity index is 528.